The Morgan fingerprint density at radius 2 is 1.85 bits per heavy atom. The van der Waals surface area contributed by atoms with Gasteiger partial charge < -0.3 is 9.47 Å². The summed E-state index contributed by atoms with van der Waals surface area (Å²) in [6.07, 6.45) is -4.31. The van der Waals surface area contributed by atoms with Crippen LogP contribution in [0.15, 0.2) is 24.3 Å². The van der Waals surface area contributed by atoms with Crippen LogP contribution in [-0.2, 0) is 4.74 Å². The number of hydrogen-bond donors (Lipinski definition) is 0. The van der Waals surface area contributed by atoms with Gasteiger partial charge in [-0.2, -0.15) is 13.2 Å². The average molecular weight is 290 g/mol. The summed E-state index contributed by atoms with van der Waals surface area (Å²) in [4.78, 5) is 11.4. The van der Waals surface area contributed by atoms with E-state index in [1.165, 1.54) is 24.3 Å². The van der Waals surface area contributed by atoms with Gasteiger partial charge in [-0.05, 0) is 37.6 Å². The van der Waals surface area contributed by atoms with Crippen molar-refractivity contribution < 1.29 is 27.4 Å². The van der Waals surface area contributed by atoms with Crippen molar-refractivity contribution in [2.45, 2.75) is 26.4 Å². The van der Waals surface area contributed by atoms with Crippen molar-refractivity contribution in [3.8, 4) is 5.75 Å². The van der Waals surface area contributed by atoms with Crippen LogP contribution in [0.4, 0.5) is 13.2 Å². The number of rotatable bonds is 6. The molecule has 0 heterocycles. The third-order valence-electron chi connectivity index (χ3n) is 2.74. The zero-order valence-corrected chi connectivity index (χ0v) is 11.4. The van der Waals surface area contributed by atoms with Crippen molar-refractivity contribution in [3.63, 3.8) is 0 Å². The summed E-state index contributed by atoms with van der Waals surface area (Å²) in [5.41, 5.74) is 0.378. The Bertz CT molecular complexity index is 426. The van der Waals surface area contributed by atoms with Crippen molar-refractivity contribution in [2.75, 3.05) is 13.2 Å². The highest BCUT2D eigenvalue weighted by atomic mass is 19.4. The number of hydrogen-bond acceptors (Lipinski definition) is 3. The maximum Gasteiger partial charge on any atom is 0.391 e. The molecule has 1 atom stereocenters. The molecule has 0 radical (unpaired) electrons. The SMILES string of the molecule is CCOC(=O)c1ccc(OCCC(C)C(F)(F)F)cc1. The molecule has 0 bridgehead atoms. The molecule has 1 unspecified atom stereocenters. The smallest absolute Gasteiger partial charge is 0.391 e. The summed E-state index contributed by atoms with van der Waals surface area (Å²) in [7, 11) is 0. The highest BCUT2D eigenvalue weighted by Gasteiger charge is 2.35. The van der Waals surface area contributed by atoms with E-state index in [4.69, 9.17) is 9.47 Å². The fourth-order valence-electron chi connectivity index (χ4n) is 1.42. The summed E-state index contributed by atoms with van der Waals surface area (Å²) in [5, 5.41) is 0. The summed E-state index contributed by atoms with van der Waals surface area (Å²) in [6.45, 7) is 3.08. The topological polar surface area (TPSA) is 35.5 Å². The Morgan fingerprint density at radius 1 is 1.25 bits per heavy atom. The lowest BCUT2D eigenvalue weighted by molar-refractivity contribution is -0.172. The van der Waals surface area contributed by atoms with Crippen molar-refractivity contribution in [2.24, 2.45) is 5.92 Å². The summed E-state index contributed by atoms with van der Waals surface area (Å²) < 4.78 is 46.9. The minimum Gasteiger partial charge on any atom is -0.494 e. The molecule has 112 valence electrons. The van der Waals surface area contributed by atoms with Gasteiger partial charge in [0.25, 0.3) is 0 Å². The highest BCUT2D eigenvalue weighted by molar-refractivity contribution is 5.89. The molecule has 0 aliphatic carbocycles. The van der Waals surface area contributed by atoms with E-state index in [0.29, 0.717) is 11.3 Å². The molecule has 0 spiro atoms. The predicted octanol–water partition coefficient (Wildman–Crippen LogP) is 3.83. The van der Waals surface area contributed by atoms with Crippen LogP contribution in [0.25, 0.3) is 0 Å². The Morgan fingerprint density at radius 3 is 2.35 bits per heavy atom. The first-order valence-corrected chi connectivity index (χ1v) is 6.31. The second kappa shape index (κ2) is 7.17. The number of benzene rings is 1. The van der Waals surface area contributed by atoms with Crippen LogP contribution in [0.2, 0.25) is 0 Å². The molecular formula is C14H17F3O3. The molecule has 0 fully saturated rings. The molecule has 0 aliphatic heterocycles. The molecule has 0 saturated heterocycles. The van der Waals surface area contributed by atoms with Crippen molar-refractivity contribution in [3.05, 3.63) is 29.8 Å². The van der Waals surface area contributed by atoms with Crippen molar-refractivity contribution >= 4 is 5.97 Å². The lowest BCUT2D eigenvalue weighted by Crippen LogP contribution is -2.21. The maximum atomic E-state index is 12.3. The van der Waals surface area contributed by atoms with E-state index in [2.05, 4.69) is 0 Å². The summed E-state index contributed by atoms with van der Waals surface area (Å²) in [5.74, 6) is -1.42. The summed E-state index contributed by atoms with van der Waals surface area (Å²) in [6, 6.07) is 6.09. The van der Waals surface area contributed by atoms with Gasteiger partial charge in [0.2, 0.25) is 0 Å². The second-order valence-corrected chi connectivity index (χ2v) is 4.32. The largest absolute Gasteiger partial charge is 0.494 e. The Kier molecular flexibility index (Phi) is 5.85. The standard InChI is InChI=1S/C14H17F3O3/c1-3-19-13(18)11-4-6-12(7-5-11)20-9-8-10(2)14(15,16)17/h4-7,10H,3,8-9H2,1-2H3. The number of halogens is 3. The molecule has 1 aromatic carbocycles. The fourth-order valence-corrected chi connectivity index (χ4v) is 1.42. The first kappa shape index (κ1) is 16.3. The molecule has 0 saturated carbocycles. The van der Waals surface area contributed by atoms with E-state index in [9.17, 15) is 18.0 Å². The van der Waals surface area contributed by atoms with E-state index in [1.807, 2.05) is 0 Å². The lowest BCUT2D eigenvalue weighted by atomic mass is 10.1. The van der Waals surface area contributed by atoms with Crippen molar-refractivity contribution in [1.29, 1.82) is 0 Å². The molecule has 1 aromatic rings. The first-order valence-electron chi connectivity index (χ1n) is 6.31. The first-order chi connectivity index (χ1) is 9.34. The van der Waals surface area contributed by atoms with Gasteiger partial charge in [0.1, 0.15) is 5.75 Å². The normalized spacial score (nSPS) is 12.8. The minimum atomic E-state index is -4.20. The van der Waals surface area contributed by atoms with Crippen LogP contribution >= 0.6 is 0 Å². The number of carbonyl (C=O) groups excluding carboxylic acids is 1. The summed E-state index contributed by atoms with van der Waals surface area (Å²) >= 11 is 0. The molecule has 6 heteroatoms. The lowest BCUT2D eigenvalue weighted by Gasteiger charge is -2.15. The highest BCUT2D eigenvalue weighted by Crippen LogP contribution is 2.28. The van der Waals surface area contributed by atoms with Crippen LogP contribution < -0.4 is 4.74 Å². The molecule has 20 heavy (non-hydrogen) atoms. The molecule has 0 aromatic heterocycles. The molecule has 1 rings (SSSR count). The molecule has 3 nitrogen and oxygen atoms in total. The van der Waals surface area contributed by atoms with Gasteiger partial charge in [-0.25, -0.2) is 4.79 Å². The predicted molar refractivity (Wildman–Crippen MR) is 67.7 cm³/mol. The van der Waals surface area contributed by atoms with Crippen LogP contribution in [0, 0.1) is 5.92 Å². The molecular weight excluding hydrogens is 273 g/mol. The zero-order chi connectivity index (χ0) is 15.2. The maximum absolute atomic E-state index is 12.3. The van der Waals surface area contributed by atoms with Gasteiger partial charge in [-0.1, -0.05) is 6.92 Å². The van der Waals surface area contributed by atoms with E-state index >= 15 is 0 Å². The molecule has 0 aliphatic rings. The number of alkyl halides is 3. The monoisotopic (exact) mass is 290 g/mol. The van der Waals surface area contributed by atoms with Gasteiger partial charge in [0.15, 0.2) is 0 Å². The van der Waals surface area contributed by atoms with Crippen LogP contribution in [0.1, 0.15) is 30.6 Å². The third kappa shape index (κ3) is 5.11. The Hall–Kier alpha value is -1.72. The Labute approximate surface area is 115 Å². The minimum absolute atomic E-state index is 0.0283. The molecule has 0 amide bonds. The van der Waals surface area contributed by atoms with E-state index in [-0.39, 0.29) is 19.6 Å². The van der Waals surface area contributed by atoms with Gasteiger partial charge in [0, 0.05) is 0 Å². The zero-order valence-electron chi connectivity index (χ0n) is 11.4. The van der Waals surface area contributed by atoms with Gasteiger partial charge in [-0.15, -0.1) is 0 Å². The molecule has 0 N–H and O–H groups in total. The van der Waals surface area contributed by atoms with Crippen molar-refractivity contribution in [1.82, 2.24) is 0 Å². The van der Waals surface area contributed by atoms with Gasteiger partial charge >= 0.3 is 12.1 Å². The Balaban J connectivity index is 2.44. The van der Waals surface area contributed by atoms with E-state index in [1.54, 1.807) is 6.92 Å². The second-order valence-electron chi connectivity index (χ2n) is 4.32. The van der Waals surface area contributed by atoms with E-state index in [0.717, 1.165) is 6.92 Å². The quantitative estimate of drug-likeness (QED) is 0.747. The van der Waals surface area contributed by atoms with Crippen LogP contribution in [0.3, 0.4) is 0 Å². The van der Waals surface area contributed by atoms with Crippen LogP contribution in [-0.4, -0.2) is 25.4 Å². The van der Waals surface area contributed by atoms with Crippen LogP contribution in [0.5, 0.6) is 5.75 Å². The third-order valence-corrected chi connectivity index (χ3v) is 2.74. The van der Waals surface area contributed by atoms with Gasteiger partial charge in [-0.3, -0.25) is 0 Å². The fraction of sp³-hybridized carbons (Fsp3) is 0.500. The number of carbonyl (C=O) groups is 1. The average Bonchev–Trinajstić information content (AvgIpc) is 2.38. The number of esters is 1. The number of ether oxygens (including phenoxy) is 2. The van der Waals surface area contributed by atoms with Gasteiger partial charge in [0.05, 0.1) is 24.7 Å². The van der Waals surface area contributed by atoms with E-state index < -0.39 is 18.1 Å².